The number of hydrogen-bond donors (Lipinski definition) is 1. The first-order valence-electron chi connectivity index (χ1n) is 7.39. The second kappa shape index (κ2) is 8.30. The van der Waals surface area contributed by atoms with Crippen molar-refractivity contribution in [3.05, 3.63) is 69.9 Å². The lowest BCUT2D eigenvalue weighted by molar-refractivity contribution is 0.569. The third kappa shape index (κ3) is 5.25. The van der Waals surface area contributed by atoms with E-state index in [9.17, 15) is 4.39 Å². The maximum absolute atomic E-state index is 13.5. The number of rotatable bonds is 7. The number of hydrogen-bond acceptors (Lipinski definition) is 1. The molecule has 0 bridgehead atoms. The minimum absolute atomic E-state index is 0.165. The first-order chi connectivity index (χ1) is 10.2. The van der Waals surface area contributed by atoms with E-state index >= 15 is 0 Å². The quantitative estimate of drug-likeness (QED) is 0.700. The second-order valence-electron chi connectivity index (χ2n) is 5.29. The summed E-state index contributed by atoms with van der Waals surface area (Å²) in [6.07, 6.45) is 2.01. The summed E-state index contributed by atoms with van der Waals surface area (Å²) >= 11 is 3.51. The second-order valence-corrected chi connectivity index (χ2v) is 6.21. The predicted octanol–water partition coefficient (Wildman–Crippen LogP) is 4.91. The molecule has 0 aromatic heterocycles. The molecule has 3 heteroatoms. The fourth-order valence-corrected chi connectivity index (χ4v) is 2.92. The Labute approximate surface area is 134 Å². The monoisotopic (exact) mass is 349 g/mol. The zero-order valence-electron chi connectivity index (χ0n) is 12.3. The summed E-state index contributed by atoms with van der Waals surface area (Å²) in [5.41, 5.74) is 2.32. The molecule has 0 heterocycles. The van der Waals surface area contributed by atoms with Gasteiger partial charge in [-0.15, -0.1) is 0 Å². The van der Waals surface area contributed by atoms with Gasteiger partial charge in [0.05, 0.1) is 0 Å². The zero-order chi connectivity index (χ0) is 15.1. The SMILES string of the molecule is CCCNCC(Cc1cccc(Br)c1)c1cccc(F)c1. The van der Waals surface area contributed by atoms with E-state index in [0.29, 0.717) is 0 Å². The molecule has 21 heavy (non-hydrogen) atoms. The molecule has 1 nitrogen and oxygen atoms in total. The van der Waals surface area contributed by atoms with Gasteiger partial charge >= 0.3 is 0 Å². The summed E-state index contributed by atoms with van der Waals surface area (Å²) in [7, 11) is 0. The fraction of sp³-hybridized carbons (Fsp3) is 0.333. The Balaban J connectivity index is 2.15. The van der Waals surface area contributed by atoms with Gasteiger partial charge in [0.25, 0.3) is 0 Å². The van der Waals surface area contributed by atoms with E-state index in [2.05, 4.69) is 40.3 Å². The molecule has 0 amide bonds. The highest BCUT2D eigenvalue weighted by Gasteiger charge is 2.13. The Bertz CT molecular complexity index is 571. The van der Waals surface area contributed by atoms with E-state index in [1.165, 1.54) is 11.6 Å². The topological polar surface area (TPSA) is 12.0 Å². The summed E-state index contributed by atoms with van der Waals surface area (Å²) in [5.74, 6) is 0.115. The van der Waals surface area contributed by atoms with Crippen molar-refractivity contribution in [3.63, 3.8) is 0 Å². The van der Waals surface area contributed by atoms with Crippen molar-refractivity contribution in [3.8, 4) is 0 Å². The van der Waals surface area contributed by atoms with E-state index in [-0.39, 0.29) is 11.7 Å². The smallest absolute Gasteiger partial charge is 0.123 e. The molecule has 2 rings (SSSR count). The summed E-state index contributed by atoms with van der Waals surface area (Å²) in [6.45, 7) is 4.01. The van der Waals surface area contributed by atoms with Crippen LogP contribution in [0, 0.1) is 5.82 Å². The third-order valence-electron chi connectivity index (χ3n) is 3.51. The Hall–Kier alpha value is -1.19. The Kier molecular flexibility index (Phi) is 6.40. The van der Waals surface area contributed by atoms with Gasteiger partial charge in [0.1, 0.15) is 5.82 Å². The van der Waals surface area contributed by atoms with Gasteiger partial charge in [-0.05, 0) is 54.8 Å². The van der Waals surface area contributed by atoms with Crippen LogP contribution in [0.5, 0.6) is 0 Å². The normalized spacial score (nSPS) is 12.3. The molecule has 0 saturated heterocycles. The highest BCUT2D eigenvalue weighted by atomic mass is 79.9. The molecular formula is C18H21BrFN. The molecule has 0 aliphatic carbocycles. The van der Waals surface area contributed by atoms with Crippen molar-refractivity contribution in [1.82, 2.24) is 5.32 Å². The van der Waals surface area contributed by atoms with Crippen LogP contribution >= 0.6 is 15.9 Å². The van der Waals surface area contributed by atoms with E-state index in [1.54, 1.807) is 12.1 Å². The van der Waals surface area contributed by atoms with Crippen LogP contribution in [-0.4, -0.2) is 13.1 Å². The van der Waals surface area contributed by atoms with Crippen molar-refractivity contribution in [2.45, 2.75) is 25.7 Å². The summed E-state index contributed by atoms with van der Waals surface area (Å²) in [6, 6.07) is 15.3. The van der Waals surface area contributed by atoms with Gasteiger partial charge in [-0.25, -0.2) is 4.39 Å². The van der Waals surface area contributed by atoms with Crippen LogP contribution in [-0.2, 0) is 6.42 Å². The number of halogens is 2. The molecule has 112 valence electrons. The molecule has 0 spiro atoms. The van der Waals surface area contributed by atoms with E-state index < -0.39 is 0 Å². The van der Waals surface area contributed by atoms with Gasteiger partial charge in [0.2, 0.25) is 0 Å². The Morgan fingerprint density at radius 1 is 1.14 bits per heavy atom. The van der Waals surface area contributed by atoms with Crippen molar-refractivity contribution >= 4 is 15.9 Å². The molecule has 1 N–H and O–H groups in total. The molecule has 2 aromatic carbocycles. The zero-order valence-corrected chi connectivity index (χ0v) is 13.9. The number of benzene rings is 2. The first-order valence-corrected chi connectivity index (χ1v) is 8.19. The minimum atomic E-state index is -0.165. The Morgan fingerprint density at radius 2 is 1.95 bits per heavy atom. The maximum Gasteiger partial charge on any atom is 0.123 e. The lowest BCUT2D eigenvalue weighted by Crippen LogP contribution is -2.23. The average molecular weight is 350 g/mol. The molecule has 2 aromatic rings. The number of nitrogens with one attached hydrogen (secondary N) is 1. The van der Waals surface area contributed by atoms with Crippen LogP contribution in [0.3, 0.4) is 0 Å². The van der Waals surface area contributed by atoms with Crippen LogP contribution in [0.4, 0.5) is 4.39 Å². The molecule has 1 unspecified atom stereocenters. The lowest BCUT2D eigenvalue weighted by Gasteiger charge is -2.18. The van der Waals surface area contributed by atoms with E-state index in [4.69, 9.17) is 0 Å². The maximum atomic E-state index is 13.5. The molecule has 0 saturated carbocycles. The van der Waals surface area contributed by atoms with Crippen LogP contribution in [0.2, 0.25) is 0 Å². The summed E-state index contributed by atoms with van der Waals surface area (Å²) in [4.78, 5) is 0. The van der Waals surface area contributed by atoms with Gasteiger partial charge < -0.3 is 5.32 Å². The third-order valence-corrected chi connectivity index (χ3v) is 4.00. The van der Waals surface area contributed by atoms with Crippen LogP contribution in [0.25, 0.3) is 0 Å². The van der Waals surface area contributed by atoms with Gasteiger partial charge in [0, 0.05) is 16.9 Å². The lowest BCUT2D eigenvalue weighted by atomic mass is 9.92. The van der Waals surface area contributed by atoms with Gasteiger partial charge in [-0.3, -0.25) is 0 Å². The summed E-state index contributed by atoms with van der Waals surface area (Å²) < 4.78 is 14.6. The van der Waals surface area contributed by atoms with Gasteiger partial charge in [-0.2, -0.15) is 0 Å². The molecule has 0 radical (unpaired) electrons. The Morgan fingerprint density at radius 3 is 2.67 bits per heavy atom. The van der Waals surface area contributed by atoms with Gasteiger partial charge in [-0.1, -0.05) is 47.1 Å². The van der Waals surface area contributed by atoms with Crippen molar-refractivity contribution in [2.24, 2.45) is 0 Å². The van der Waals surface area contributed by atoms with Crippen molar-refractivity contribution < 1.29 is 4.39 Å². The first kappa shape index (κ1) is 16.2. The van der Waals surface area contributed by atoms with E-state index in [0.717, 1.165) is 36.0 Å². The highest BCUT2D eigenvalue weighted by Crippen LogP contribution is 2.23. The van der Waals surface area contributed by atoms with Crippen LogP contribution < -0.4 is 5.32 Å². The molecule has 0 aliphatic rings. The summed E-state index contributed by atoms with van der Waals surface area (Å²) in [5, 5.41) is 3.45. The van der Waals surface area contributed by atoms with Crippen LogP contribution in [0.1, 0.15) is 30.4 Å². The molecule has 0 fully saturated rings. The van der Waals surface area contributed by atoms with Crippen molar-refractivity contribution in [1.29, 1.82) is 0 Å². The minimum Gasteiger partial charge on any atom is -0.316 e. The van der Waals surface area contributed by atoms with Gasteiger partial charge in [0.15, 0.2) is 0 Å². The molecular weight excluding hydrogens is 329 g/mol. The highest BCUT2D eigenvalue weighted by molar-refractivity contribution is 9.10. The van der Waals surface area contributed by atoms with E-state index in [1.807, 2.05) is 18.2 Å². The standard InChI is InChI=1S/C18H21BrFN/c1-2-9-21-13-16(15-6-4-8-18(20)12-15)10-14-5-3-7-17(19)11-14/h3-8,11-12,16,21H,2,9-10,13H2,1H3. The van der Waals surface area contributed by atoms with Crippen LogP contribution in [0.15, 0.2) is 53.0 Å². The predicted molar refractivity (Wildman–Crippen MR) is 90.1 cm³/mol. The molecule has 0 aliphatic heterocycles. The largest absolute Gasteiger partial charge is 0.316 e. The molecule has 1 atom stereocenters. The van der Waals surface area contributed by atoms with Crippen molar-refractivity contribution in [2.75, 3.05) is 13.1 Å². The average Bonchev–Trinajstić information content (AvgIpc) is 2.46. The fourth-order valence-electron chi connectivity index (χ4n) is 2.47.